The number of carbonyl (C=O) groups is 1. The SMILES string of the molecule is COC(=O)CCCON=C(C)C. The monoisotopic (exact) mass is 173 g/mol. The number of rotatable bonds is 5. The molecule has 0 saturated heterocycles. The van der Waals surface area contributed by atoms with Gasteiger partial charge in [0.05, 0.1) is 12.8 Å². The van der Waals surface area contributed by atoms with Crippen LogP contribution in [0.15, 0.2) is 5.16 Å². The normalized spacial score (nSPS) is 8.92. The van der Waals surface area contributed by atoms with Gasteiger partial charge in [0.25, 0.3) is 0 Å². The van der Waals surface area contributed by atoms with Crippen LogP contribution in [0.4, 0.5) is 0 Å². The molecule has 0 aliphatic heterocycles. The molecule has 0 fully saturated rings. The Balaban J connectivity index is 3.22. The highest BCUT2D eigenvalue weighted by atomic mass is 16.6. The molecule has 0 N–H and O–H groups in total. The molecule has 0 aliphatic rings. The van der Waals surface area contributed by atoms with Gasteiger partial charge in [-0.15, -0.1) is 0 Å². The minimum atomic E-state index is -0.212. The van der Waals surface area contributed by atoms with E-state index in [0.717, 1.165) is 5.71 Å². The molecule has 0 aromatic heterocycles. The minimum Gasteiger partial charge on any atom is -0.469 e. The Morgan fingerprint density at radius 3 is 2.58 bits per heavy atom. The van der Waals surface area contributed by atoms with Gasteiger partial charge in [-0.1, -0.05) is 5.16 Å². The third kappa shape index (κ3) is 7.05. The van der Waals surface area contributed by atoms with Crippen molar-refractivity contribution in [1.82, 2.24) is 0 Å². The second-order valence-electron chi connectivity index (χ2n) is 2.55. The summed E-state index contributed by atoms with van der Waals surface area (Å²) in [5.74, 6) is -0.212. The van der Waals surface area contributed by atoms with E-state index in [2.05, 4.69) is 9.89 Å². The Kier molecular flexibility index (Phi) is 6.05. The van der Waals surface area contributed by atoms with Gasteiger partial charge in [0.1, 0.15) is 6.61 Å². The first-order valence-corrected chi connectivity index (χ1v) is 3.86. The average Bonchev–Trinajstić information content (AvgIpc) is 2.03. The summed E-state index contributed by atoms with van der Waals surface area (Å²) in [5.41, 5.74) is 0.869. The smallest absolute Gasteiger partial charge is 0.305 e. The van der Waals surface area contributed by atoms with Crippen molar-refractivity contribution in [3.8, 4) is 0 Å². The molecule has 0 atom stereocenters. The molecule has 0 rings (SSSR count). The lowest BCUT2D eigenvalue weighted by molar-refractivity contribution is -0.141. The highest BCUT2D eigenvalue weighted by Crippen LogP contribution is 1.92. The predicted molar refractivity (Wildman–Crippen MR) is 46.0 cm³/mol. The Morgan fingerprint density at radius 2 is 2.08 bits per heavy atom. The van der Waals surface area contributed by atoms with Crippen molar-refractivity contribution in [2.75, 3.05) is 13.7 Å². The van der Waals surface area contributed by atoms with E-state index >= 15 is 0 Å². The van der Waals surface area contributed by atoms with E-state index in [1.165, 1.54) is 7.11 Å². The van der Waals surface area contributed by atoms with Crippen LogP contribution in [0.25, 0.3) is 0 Å². The Labute approximate surface area is 72.5 Å². The Morgan fingerprint density at radius 1 is 1.42 bits per heavy atom. The summed E-state index contributed by atoms with van der Waals surface area (Å²) < 4.78 is 4.45. The molecule has 12 heavy (non-hydrogen) atoms. The quantitative estimate of drug-likeness (QED) is 0.273. The number of esters is 1. The summed E-state index contributed by atoms with van der Waals surface area (Å²) in [5, 5.41) is 3.71. The van der Waals surface area contributed by atoms with E-state index in [1.807, 2.05) is 13.8 Å². The molecule has 4 heteroatoms. The first-order valence-electron chi connectivity index (χ1n) is 3.86. The first kappa shape index (κ1) is 10.9. The molecule has 0 amide bonds. The fourth-order valence-electron chi connectivity index (χ4n) is 0.558. The second-order valence-corrected chi connectivity index (χ2v) is 2.55. The van der Waals surface area contributed by atoms with Crippen molar-refractivity contribution in [3.63, 3.8) is 0 Å². The fourth-order valence-corrected chi connectivity index (χ4v) is 0.558. The largest absolute Gasteiger partial charge is 0.469 e. The molecule has 0 aromatic carbocycles. The molecule has 4 nitrogen and oxygen atoms in total. The molecule has 0 radical (unpaired) electrons. The van der Waals surface area contributed by atoms with Crippen LogP contribution in [0.1, 0.15) is 26.7 Å². The van der Waals surface area contributed by atoms with Crippen LogP contribution in [0.5, 0.6) is 0 Å². The molecule has 0 bridgehead atoms. The number of carbonyl (C=O) groups excluding carboxylic acids is 1. The van der Waals surface area contributed by atoms with Gasteiger partial charge in [0.2, 0.25) is 0 Å². The van der Waals surface area contributed by atoms with Crippen molar-refractivity contribution in [2.24, 2.45) is 5.16 Å². The number of nitrogens with zero attached hydrogens (tertiary/aromatic N) is 1. The number of methoxy groups -OCH3 is 1. The fraction of sp³-hybridized carbons (Fsp3) is 0.750. The van der Waals surface area contributed by atoms with E-state index in [1.54, 1.807) is 0 Å². The summed E-state index contributed by atoms with van der Waals surface area (Å²) in [6.45, 7) is 4.15. The summed E-state index contributed by atoms with van der Waals surface area (Å²) in [6.07, 6.45) is 1.03. The van der Waals surface area contributed by atoms with Gasteiger partial charge < -0.3 is 9.57 Å². The van der Waals surface area contributed by atoms with Crippen molar-refractivity contribution >= 4 is 11.7 Å². The maximum absolute atomic E-state index is 10.6. The summed E-state index contributed by atoms with van der Waals surface area (Å²) in [7, 11) is 1.37. The van der Waals surface area contributed by atoms with Gasteiger partial charge in [-0.25, -0.2) is 0 Å². The molecule has 0 aliphatic carbocycles. The lowest BCUT2D eigenvalue weighted by Gasteiger charge is -1.98. The van der Waals surface area contributed by atoms with Crippen molar-refractivity contribution in [2.45, 2.75) is 26.7 Å². The highest BCUT2D eigenvalue weighted by Gasteiger charge is 1.98. The van der Waals surface area contributed by atoms with Crippen LogP contribution >= 0.6 is 0 Å². The van der Waals surface area contributed by atoms with E-state index < -0.39 is 0 Å². The Hall–Kier alpha value is -1.06. The highest BCUT2D eigenvalue weighted by molar-refractivity contribution is 5.78. The molecule has 0 unspecified atom stereocenters. The molecule has 0 saturated carbocycles. The van der Waals surface area contributed by atoms with Gasteiger partial charge in [-0.2, -0.15) is 0 Å². The molecule has 0 spiro atoms. The van der Waals surface area contributed by atoms with E-state index in [4.69, 9.17) is 4.84 Å². The first-order chi connectivity index (χ1) is 5.66. The predicted octanol–water partition coefficient (Wildman–Crippen LogP) is 1.35. The van der Waals surface area contributed by atoms with Crippen molar-refractivity contribution in [3.05, 3.63) is 0 Å². The second kappa shape index (κ2) is 6.64. The average molecular weight is 173 g/mol. The lowest BCUT2D eigenvalue weighted by Crippen LogP contribution is -2.01. The number of oxime groups is 1. The minimum absolute atomic E-state index is 0.212. The van der Waals surface area contributed by atoms with Crippen LogP contribution in [0, 0.1) is 0 Å². The standard InChI is InChI=1S/C8H15NO3/c1-7(2)9-12-6-4-5-8(10)11-3/h4-6H2,1-3H3. The van der Waals surface area contributed by atoms with Gasteiger partial charge in [-0.3, -0.25) is 4.79 Å². The van der Waals surface area contributed by atoms with Gasteiger partial charge in [-0.05, 0) is 20.3 Å². The summed E-state index contributed by atoms with van der Waals surface area (Å²) in [6, 6.07) is 0. The summed E-state index contributed by atoms with van der Waals surface area (Å²) >= 11 is 0. The van der Waals surface area contributed by atoms with Crippen molar-refractivity contribution < 1.29 is 14.4 Å². The molecule has 70 valence electrons. The molecular weight excluding hydrogens is 158 g/mol. The van der Waals surface area contributed by atoms with E-state index in [-0.39, 0.29) is 5.97 Å². The van der Waals surface area contributed by atoms with E-state index in [9.17, 15) is 4.79 Å². The van der Waals surface area contributed by atoms with Crippen LogP contribution in [-0.4, -0.2) is 25.4 Å². The number of hydrogen-bond acceptors (Lipinski definition) is 4. The lowest BCUT2D eigenvalue weighted by atomic mass is 10.3. The topological polar surface area (TPSA) is 47.9 Å². The van der Waals surface area contributed by atoms with Gasteiger partial charge in [0, 0.05) is 6.42 Å². The van der Waals surface area contributed by atoms with Gasteiger partial charge >= 0.3 is 5.97 Å². The maximum atomic E-state index is 10.6. The zero-order valence-electron chi connectivity index (χ0n) is 7.79. The van der Waals surface area contributed by atoms with E-state index in [0.29, 0.717) is 19.4 Å². The Bertz CT molecular complexity index is 162. The third-order valence-corrected chi connectivity index (χ3v) is 1.09. The molecular formula is C8H15NO3. The number of hydrogen-bond donors (Lipinski definition) is 0. The summed E-state index contributed by atoms with van der Waals surface area (Å²) in [4.78, 5) is 15.5. The number of ether oxygens (including phenoxy) is 1. The van der Waals surface area contributed by atoms with Crippen LogP contribution < -0.4 is 0 Å². The van der Waals surface area contributed by atoms with Crippen LogP contribution in [-0.2, 0) is 14.4 Å². The van der Waals surface area contributed by atoms with Crippen LogP contribution in [0.3, 0.4) is 0 Å². The third-order valence-electron chi connectivity index (χ3n) is 1.09. The zero-order valence-corrected chi connectivity index (χ0v) is 7.79. The maximum Gasteiger partial charge on any atom is 0.305 e. The zero-order chi connectivity index (χ0) is 9.40. The van der Waals surface area contributed by atoms with Crippen LogP contribution in [0.2, 0.25) is 0 Å². The molecule has 0 heterocycles. The van der Waals surface area contributed by atoms with Gasteiger partial charge in [0.15, 0.2) is 0 Å². The molecule has 0 aromatic rings. The van der Waals surface area contributed by atoms with Crippen molar-refractivity contribution in [1.29, 1.82) is 0 Å².